The predicted molar refractivity (Wildman–Crippen MR) is 90.5 cm³/mol. The Balaban J connectivity index is 1.83. The van der Waals surface area contributed by atoms with Crippen molar-refractivity contribution < 1.29 is 14.6 Å². The first-order valence-electron chi connectivity index (χ1n) is 9.00. The maximum absolute atomic E-state index is 11.7. The third kappa shape index (κ3) is 2.88. The number of cyclic esters (lactones) is 1. The molecular formula is C20H30O3. The molecular weight excluding hydrogens is 288 g/mol. The number of esters is 1. The molecule has 0 aromatic heterocycles. The number of aliphatic hydroxyl groups is 1. The number of carbonyl (C=O) groups is 1. The highest BCUT2D eigenvalue weighted by Gasteiger charge is 2.52. The second kappa shape index (κ2) is 5.77. The van der Waals surface area contributed by atoms with Crippen molar-refractivity contribution in [2.24, 2.45) is 22.7 Å². The van der Waals surface area contributed by atoms with Gasteiger partial charge in [-0.2, -0.15) is 0 Å². The van der Waals surface area contributed by atoms with E-state index >= 15 is 0 Å². The minimum absolute atomic E-state index is 0.273. The summed E-state index contributed by atoms with van der Waals surface area (Å²) in [5, 5.41) is 9.46. The zero-order valence-corrected chi connectivity index (χ0v) is 14.7. The number of hydrogen-bond donors (Lipinski definition) is 1. The first-order valence-corrected chi connectivity index (χ1v) is 9.00. The molecule has 1 saturated heterocycles. The van der Waals surface area contributed by atoms with Gasteiger partial charge in [-0.05, 0) is 54.8 Å². The molecule has 3 fully saturated rings. The molecule has 3 aliphatic rings. The van der Waals surface area contributed by atoms with E-state index < -0.39 is 6.29 Å². The normalized spacial score (nSPS) is 41.7. The van der Waals surface area contributed by atoms with Crippen molar-refractivity contribution in [2.45, 2.75) is 72.0 Å². The quantitative estimate of drug-likeness (QED) is 0.467. The number of ether oxygens (including phenoxy) is 1. The predicted octanol–water partition coefficient (Wildman–Crippen LogP) is 4.37. The van der Waals surface area contributed by atoms with Crippen molar-refractivity contribution in [1.29, 1.82) is 0 Å². The molecule has 1 heterocycles. The smallest absolute Gasteiger partial charge is 0.336 e. The zero-order chi connectivity index (χ0) is 16.8. The summed E-state index contributed by atoms with van der Waals surface area (Å²) in [5.41, 5.74) is 2.63. The lowest BCUT2D eigenvalue weighted by Gasteiger charge is -2.58. The fourth-order valence-corrected chi connectivity index (χ4v) is 5.65. The molecule has 0 aromatic rings. The first-order chi connectivity index (χ1) is 10.7. The van der Waals surface area contributed by atoms with E-state index in [1.54, 1.807) is 0 Å². The van der Waals surface area contributed by atoms with Gasteiger partial charge in [0.05, 0.1) is 0 Å². The van der Waals surface area contributed by atoms with E-state index in [1.165, 1.54) is 31.3 Å². The Morgan fingerprint density at radius 2 is 2.09 bits per heavy atom. The van der Waals surface area contributed by atoms with E-state index in [2.05, 4.69) is 27.4 Å². The highest BCUT2D eigenvalue weighted by molar-refractivity contribution is 5.90. The summed E-state index contributed by atoms with van der Waals surface area (Å²) in [4.78, 5) is 11.7. The molecule has 0 spiro atoms. The van der Waals surface area contributed by atoms with Crippen molar-refractivity contribution in [2.75, 3.05) is 0 Å². The minimum Gasteiger partial charge on any atom is -0.432 e. The fraction of sp³-hybridized carbons (Fsp3) is 0.750. The topological polar surface area (TPSA) is 46.5 Å². The van der Waals surface area contributed by atoms with Gasteiger partial charge < -0.3 is 9.84 Å². The van der Waals surface area contributed by atoms with Crippen LogP contribution in [0.25, 0.3) is 0 Å². The molecule has 0 unspecified atom stereocenters. The van der Waals surface area contributed by atoms with Crippen molar-refractivity contribution >= 4 is 5.97 Å². The molecule has 3 heteroatoms. The van der Waals surface area contributed by atoms with Crippen molar-refractivity contribution in [3.05, 3.63) is 23.8 Å². The second-order valence-electron chi connectivity index (χ2n) is 8.68. The van der Waals surface area contributed by atoms with Gasteiger partial charge in [0.2, 0.25) is 6.29 Å². The fourth-order valence-electron chi connectivity index (χ4n) is 5.65. The molecule has 1 N–H and O–H groups in total. The summed E-state index contributed by atoms with van der Waals surface area (Å²) in [5.74, 6) is 0.794. The van der Waals surface area contributed by atoms with Gasteiger partial charge in [0.25, 0.3) is 0 Å². The Morgan fingerprint density at radius 3 is 2.74 bits per heavy atom. The molecule has 128 valence electrons. The second-order valence-corrected chi connectivity index (χ2v) is 8.68. The summed E-state index contributed by atoms with van der Waals surface area (Å²) < 4.78 is 4.83. The van der Waals surface area contributed by atoms with E-state index in [0.29, 0.717) is 23.3 Å². The Morgan fingerprint density at radius 1 is 1.35 bits per heavy atom. The van der Waals surface area contributed by atoms with Crippen LogP contribution in [0.1, 0.15) is 65.7 Å². The molecule has 0 amide bonds. The van der Waals surface area contributed by atoms with E-state index in [1.807, 2.05) is 6.08 Å². The molecule has 4 atom stereocenters. The molecule has 1 aliphatic heterocycles. The molecule has 0 bridgehead atoms. The average Bonchev–Trinajstić information content (AvgIpc) is 2.75. The van der Waals surface area contributed by atoms with Gasteiger partial charge in [-0.15, -0.1) is 0 Å². The largest absolute Gasteiger partial charge is 0.432 e. The molecule has 2 aliphatic carbocycles. The molecule has 3 rings (SSSR count). The van der Waals surface area contributed by atoms with E-state index in [4.69, 9.17) is 4.74 Å². The lowest BCUT2D eigenvalue weighted by Crippen LogP contribution is -2.49. The van der Waals surface area contributed by atoms with Gasteiger partial charge in [0, 0.05) is 12.0 Å². The summed E-state index contributed by atoms with van der Waals surface area (Å²) in [6.45, 7) is 11.6. The van der Waals surface area contributed by atoms with Gasteiger partial charge in [0.15, 0.2) is 0 Å². The highest BCUT2D eigenvalue weighted by Crippen LogP contribution is 2.61. The average molecular weight is 318 g/mol. The minimum atomic E-state index is -0.958. The van der Waals surface area contributed by atoms with Crippen molar-refractivity contribution in [3.8, 4) is 0 Å². The number of hydrogen-bond acceptors (Lipinski definition) is 3. The molecule has 23 heavy (non-hydrogen) atoms. The van der Waals surface area contributed by atoms with Crippen LogP contribution in [0.4, 0.5) is 0 Å². The lowest BCUT2D eigenvalue weighted by atomic mass is 9.47. The molecule has 3 nitrogen and oxygen atoms in total. The summed E-state index contributed by atoms with van der Waals surface area (Å²) in [6.07, 6.45) is 8.40. The standard InChI is InChI=1S/C20H30O3/c1-13-6-9-16-19(2,3)10-5-11-20(16,4)15(13)8-7-14-12-17(21)23-18(14)22/h7,15-17,21H,1,5-6,8-12H2,2-4H3/b14-7-/t15-,16-,17+,20+/m0/s1. The summed E-state index contributed by atoms with van der Waals surface area (Å²) in [6, 6.07) is 0. The molecule has 2 saturated carbocycles. The molecule has 0 radical (unpaired) electrons. The number of aliphatic hydroxyl groups excluding tert-OH is 1. The molecule has 0 aromatic carbocycles. The monoisotopic (exact) mass is 318 g/mol. The van der Waals surface area contributed by atoms with E-state index in [0.717, 1.165) is 18.8 Å². The highest BCUT2D eigenvalue weighted by atomic mass is 16.6. The van der Waals surface area contributed by atoms with Gasteiger partial charge >= 0.3 is 5.97 Å². The van der Waals surface area contributed by atoms with Crippen molar-refractivity contribution in [1.82, 2.24) is 0 Å². The zero-order valence-electron chi connectivity index (χ0n) is 14.7. The lowest BCUT2D eigenvalue weighted by molar-refractivity contribution is -0.152. The third-order valence-corrected chi connectivity index (χ3v) is 6.82. The van der Waals surface area contributed by atoms with Crippen LogP contribution in [0.3, 0.4) is 0 Å². The number of allylic oxidation sites excluding steroid dienone is 2. The Labute approximate surface area is 139 Å². The van der Waals surface area contributed by atoms with Crippen LogP contribution in [0.5, 0.6) is 0 Å². The van der Waals surface area contributed by atoms with Gasteiger partial charge in [-0.25, -0.2) is 4.79 Å². The van der Waals surface area contributed by atoms with Crippen molar-refractivity contribution in [3.63, 3.8) is 0 Å². The van der Waals surface area contributed by atoms with Crippen LogP contribution < -0.4 is 0 Å². The van der Waals surface area contributed by atoms with Crippen LogP contribution in [0.15, 0.2) is 23.8 Å². The van der Waals surface area contributed by atoms with Crippen LogP contribution in [0.2, 0.25) is 0 Å². The van der Waals surface area contributed by atoms with Crippen LogP contribution in [0, 0.1) is 22.7 Å². The summed E-state index contributed by atoms with van der Waals surface area (Å²) in [7, 11) is 0. The van der Waals surface area contributed by atoms with E-state index in [9.17, 15) is 9.90 Å². The third-order valence-electron chi connectivity index (χ3n) is 6.82. The van der Waals surface area contributed by atoms with Crippen LogP contribution in [-0.4, -0.2) is 17.4 Å². The number of rotatable bonds is 2. The maximum Gasteiger partial charge on any atom is 0.336 e. The SMILES string of the molecule is C=C1CC[C@H]2C(C)(C)CCC[C@]2(C)[C@H]1C/C=C1/C[C@H](O)OC1=O. The Kier molecular flexibility index (Phi) is 4.20. The van der Waals surface area contributed by atoms with Crippen LogP contribution in [-0.2, 0) is 9.53 Å². The van der Waals surface area contributed by atoms with Gasteiger partial charge in [-0.1, -0.05) is 45.4 Å². The number of fused-ring (bicyclic) bond motifs is 1. The first kappa shape index (κ1) is 16.8. The maximum atomic E-state index is 11.7. The van der Waals surface area contributed by atoms with Gasteiger partial charge in [-0.3, -0.25) is 0 Å². The van der Waals surface area contributed by atoms with Crippen LogP contribution >= 0.6 is 0 Å². The Hall–Kier alpha value is -1.09. The Bertz CT molecular complexity index is 545. The van der Waals surface area contributed by atoms with E-state index in [-0.39, 0.29) is 11.4 Å². The number of carbonyl (C=O) groups excluding carboxylic acids is 1. The summed E-state index contributed by atoms with van der Waals surface area (Å²) >= 11 is 0. The van der Waals surface area contributed by atoms with Gasteiger partial charge in [0.1, 0.15) is 0 Å².